The van der Waals surface area contributed by atoms with Gasteiger partial charge in [0.05, 0.1) is 8.07 Å². The summed E-state index contributed by atoms with van der Waals surface area (Å²) in [7, 11) is -1.62. The summed E-state index contributed by atoms with van der Waals surface area (Å²) in [6.07, 6.45) is 0. The van der Waals surface area contributed by atoms with E-state index in [1.165, 1.54) is 27.1 Å². The lowest BCUT2D eigenvalue weighted by molar-refractivity contribution is 0.104. The van der Waals surface area contributed by atoms with Gasteiger partial charge < -0.3 is 0 Å². The van der Waals surface area contributed by atoms with Crippen LogP contribution >= 0.6 is 0 Å². The Morgan fingerprint density at radius 2 is 1.52 bits per heavy atom. The molecule has 2 heteroatoms. The van der Waals surface area contributed by atoms with Crippen molar-refractivity contribution in [1.29, 1.82) is 0 Å². The van der Waals surface area contributed by atoms with Crippen LogP contribution in [0.1, 0.15) is 21.5 Å². The van der Waals surface area contributed by atoms with E-state index in [1.807, 2.05) is 18.2 Å². The molecule has 0 spiro atoms. The van der Waals surface area contributed by atoms with Crippen LogP contribution in [0.5, 0.6) is 0 Å². The van der Waals surface area contributed by atoms with Crippen molar-refractivity contribution in [3.8, 4) is 11.1 Å². The molecule has 1 nitrogen and oxygen atoms in total. The van der Waals surface area contributed by atoms with Crippen molar-refractivity contribution < 1.29 is 4.79 Å². The molecule has 23 heavy (non-hydrogen) atoms. The molecule has 3 aromatic carbocycles. The first-order chi connectivity index (χ1) is 10.9. The van der Waals surface area contributed by atoms with Crippen LogP contribution in [0.3, 0.4) is 0 Å². The van der Waals surface area contributed by atoms with Gasteiger partial charge in [-0.05, 0) is 40.1 Å². The molecule has 0 bridgehead atoms. The van der Waals surface area contributed by atoms with E-state index in [0.717, 1.165) is 16.7 Å². The number of hydrogen-bond acceptors (Lipinski definition) is 1. The maximum absolute atomic E-state index is 12.9. The lowest BCUT2D eigenvalue weighted by Crippen LogP contribution is -2.40. The van der Waals surface area contributed by atoms with Crippen LogP contribution in [0.15, 0.2) is 48.5 Å². The number of fused-ring (bicyclic) bond motifs is 4. The minimum atomic E-state index is -1.62. The van der Waals surface area contributed by atoms with Crippen LogP contribution < -0.4 is 5.19 Å². The molecule has 0 saturated heterocycles. The molecule has 0 aliphatic heterocycles. The van der Waals surface area contributed by atoms with Gasteiger partial charge in [0.25, 0.3) is 0 Å². The summed E-state index contributed by atoms with van der Waals surface area (Å²) in [5.74, 6) is 0.179. The van der Waals surface area contributed by atoms with Crippen molar-refractivity contribution in [2.24, 2.45) is 0 Å². The molecule has 0 saturated carbocycles. The van der Waals surface area contributed by atoms with Gasteiger partial charge in [-0.25, -0.2) is 0 Å². The Labute approximate surface area is 138 Å². The molecule has 0 aromatic heterocycles. The second kappa shape index (κ2) is 4.65. The predicted octanol–water partition coefficient (Wildman–Crippen LogP) is 4.90. The van der Waals surface area contributed by atoms with E-state index in [2.05, 4.69) is 56.9 Å². The van der Waals surface area contributed by atoms with Gasteiger partial charge in [0.1, 0.15) is 0 Å². The van der Waals surface area contributed by atoms with E-state index < -0.39 is 8.07 Å². The predicted molar refractivity (Wildman–Crippen MR) is 101 cm³/mol. The molecule has 0 unspecified atom stereocenters. The number of carbonyl (C=O) groups excluding carboxylic acids is 1. The van der Waals surface area contributed by atoms with E-state index in [0.29, 0.717) is 0 Å². The Bertz CT molecular complexity index is 977. The minimum Gasteiger partial charge on any atom is -0.289 e. The molecule has 0 heterocycles. The van der Waals surface area contributed by atoms with Crippen LogP contribution in [-0.4, -0.2) is 13.9 Å². The monoisotopic (exact) mass is 316 g/mol. The minimum absolute atomic E-state index is 0.179. The van der Waals surface area contributed by atoms with E-state index in [4.69, 9.17) is 0 Å². The van der Waals surface area contributed by atoms with Crippen molar-refractivity contribution in [2.45, 2.75) is 26.6 Å². The van der Waals surface area contributed by atoms with E-state index >= 15 is 0 Å². The van der Waals surface area contributed by atoms with Crippen molar-refractivity contribution in [3.05, 3.63) is 65.2 Å². The zero-order valence-corrected chi connectivity index (χ0v) is 15.0. The van der Waals surface area contributed by atoms with Crippen LogP contribution in [0.2, 0.25) is 19.6 Å². The van der Waals surface area contributed by atoms with Crippen LogP contribution in [-0.2, 0) is 0 Å². The molecule has 3 aromatic rings. The Morgan fingerprint density at radius 1 is 0.826 bits per heavy atom. The first-order valence-electron chi connectivity index (χ1n) is 8.10. The Hall–Kier alpha value is -2.19. The summed E-state index contributed by atoms with van der Waals surface area (Å²) >= 11 is 0. The number of aryl methyl sites for hydroxylation is 1. The highest BCUT2D eigenvalue weighted by Gasteiger charge is 2.34. The highest BCUT2D eigenvalue weighted by Crippen LogP contribution is 2.39. The van der Waals surface area contributed by atoms with E-state index in [1.54, 1.807) is 0 Å². The quantitative estimate of drug-likeness (QED) is 0.456. The molecule has 0 N–H and O–H groups in total. The molecule has 1 aliphatic rings. The largest absolute Gasteiger partial charge is 0.289 e. The number of carbonyl (C=O) groups is 1. The summed E-state index contributed by atoms with van der Waals surface area (Å²) in [6.45, 7) is 9.21. The number of hydrogen-bond donors (Lipinski definition) is 0. The molecule has 4 rings (SSSR count). The molecular formula is C21H20OSi. The molecule has 0 atom stereocenters. The van der Waals surface area contributed by atoms with Crippen molar-refractivity contribution >= 4 is 29.8 Å². The third-order valence-corrected chi connectivity index (χ3v) is 6.75. The third kappa shape index (κ3) is 2.02. The summed E-state index contributed by atoms with van der Waals surface area (Å²) < 4.78 is 0. The molecular weight excluding hydrogens is 296 g/mol. The lowest BCUT2D eigenvalue weighted by Gasteiger charge is -2.24. The molecule has 0 fully saturated rings. The van der Waals surface area contributed by atoms with Crippen LogP contribution in [0.4, 0.5) is 0 Å². The maximum Gasteiger partial charge on any atom is 0.194 e. The van der Waals surface area contributed by atoms with E-state index in [9.17, 15) is 4.79 Å². The van der Waals surface area contributed by atoms with E-state index in [-0.39, 0.29) is 5.78 Å². The fourth-order valence-corrected chi connectivity index (χ4v) is 5.86. The number of rotatable bonds is 1. The summed E-state index contributed by atoms with van der Waals surface area (Å²) in [6, 6.07) is 16.8. The Balaban J connectivity index is 2.23. The average molecular weight is 316 g/mol. The van der Waals surface area contributed by atoms with Gasteiger partial charge in [-0.1, -0.05) is 67.7 Å². The first-order valence-corrected chi connectivity index (χ1v) is 11.6. The van der Waals surface area contributed by atoms with Crippen molar-refractivity contribution in [3.63, 3.8) is 0 Å². The lowest BCUT2D eigenvalue weighted by atomic mass is 9.99. The Kier molecular flexibility index (Phi) is 2.91. The Morgan fingerprint density at radius 3 is 2.22 bits per heavy atom. The molecule has 1 aliphatic carbocycles. The summed E-state index contributed by atoms with van der Waals surface area (Å²) in [4.78, 5) is 12.9. The maximum atomic E-state index is 12.9. The highest BCUT2D eigenvalue weighted by atomic mass is 28.3. The zero-order valence-electron chi connectivity index (χ0n) is 14.0. The topological polar surface area (TPSA) is 17.1 Å². The molecule has 0 radical (unpaired) electrons. The number of benzene rings is 3. The SMILES string of the molecule is Cc1ccc2c([Si](C)(C)C)c3c(cc2c1)C(=O)c1ccccc1-3. The molecule has 114 valence electrons. The van der Waals surface area contributed by atoms with Crippen molar-refractivity contribution in [2.75, 3.05) is 0 Å². The van der Waals surface area contributed by atoms with Crippen LogP contribution in [0.25, 0.3) is 21.9 Å². The fourth-order valence-electron chi connectivity index (χ4n) is 3.81. The first kappa shape index (κ1) is 14.4. The van der Waals surface area contributed by atoms with Crippen molar-refractivity contribution in [1.82, 2.24) is 0 Å². The van der Waals surface area contributed by atoms with Gasteiger partial charge in [0.15, 0.2) is 5.78 Å². The van der Waals surface area contributed by atoms with Gasteiger partial charge in [-0.15, -0.1) is 0 Å². The summed E-state index contributed by atoms with van der Waals surface area (Å²) in [5, 5.41) is 3.93. The molecule has 0 amide bonds. The van der Waals surface area contributed by atoms with Crippen LogP contribution in [0, 0.1) is 6.92 Å². The van der Waals surface area contributed by atoms with Gasteiger partial charge in [-0.2, -0.15) is 0 Å². The van der Waals surface area contributed by atoms with Gasteiger partial charge in [0.2, 0.25) is 0 Å². The standard InChI is InChI=1S/C21H20OSi/c1-13-9-10-15-14(11-13)12-18-19(21(15)23(2,3)4)16-7-5-6-8-17(16)20(18)22/h5-12H,1-4H3. The third-order valence-electron chi connectivity index (χ3n) is 4.73. The smallest absolute Gasteiger partial charge is 0.194 e. The fraction of sp³-hybridized carbons (Fsp3) is 0.190. The van der Waals surface area contributed by atoms with Gasteiger partial charge in [-0.3, -0.25) is 4.79 Å². The zero-order chi connectivity index (χ0) is 16.4. The summed E-state index contributed by atoms with van der Waals surface area (Å²) in [5.41, 5.74) is 5.30. The normalized spacial score (nSPS) is 13.3. The van der Waals surface area contributed by atoms with Gasteiger partial charge >= 0.3 is 0 Å². The second-order valence-electron chi connectivity index (χ2n) is 7.52. The highest BCUT2D eigenvalue weighted by molar-refractivity contribution is 6.91. The second-order valence-corrected chi connectivity index (χ2v) is 12.5. The number of ketones is 1. The average Bonchev–Trinajstić information content (AvgIpc) is 2.77. The van der Waals surface area contributed by atoms with Gasteiger partial charge in [0, 0.05) is 11.1 Å².